The molecule has 246 valence electrons. The van der Waals surface area contributed by atoms with Crippen LogP contribution in [0.25, 0.3) is 0 Å². The number of carbonyl (C=O) groups excluding carboxylic acids is 1. The van der Waals surface area contributed by atoms with E-state index in [0.29, 0.717) is 19.5 Å². The Morgan fingerprint density at radius 3 is 2.23 bits per heavy atom. The Hall–Kier alpha value is -3.04. The molecule has 1 N–H and O–H groups in total. The number of fused-ring (bicyclic) bond motifs is 1. The number of rotatable bonds is 11. The van der Waals surface area contributed by atoms with E-state index in [1.54, 1.807) is 14.1 Å². The van der Waals surface area contributed by atoms with Crippen LogP contribution in [0.3, 0.4) is 0 Å². The highest BCUT2D eigenvalue weighted by molar-refractivity contribution is 7.89. The van der Waals surface area contributed by atoms with Gasteiger partial charge in [-0.3, -0.25) is 4.79 Å². The summed E-state index contributed by atoms with van der Waals surface area (Å²) < 4.78 is 119. The van der Waals surface area contributed by atoms with E-state index in [2.05, 4.69) is 5.32 Å². The number of alkyl halides is 5. The molecular formula is C29H38F6N4O4S. The van der Waals surface area contributed by atoms with Gasteiger partial charge in [-0.15, -0.1) is 0 Å². The van der Waals surface area contributed by atoms with Crippen molar-refractivity contribution in [2.45, 2.75) is 56.6 Å². The van der Waals surface area contributed by atoms with Crippen LogP contribution in [0.1, 0.15) is 39.2 Å². The molecule has 0 radical (unpaired) electrons. The van der Waals surface area contributed by atoms with Crippen LogP contribution in [-0.4, -0.2) is 82.9 Å². The number of carbonyl (C=O) groups is 1. The van der Waals surface area contributed by atoms with Gasteiger partial charge in [0.05, 0.1) is 16.7 Å². The Morgan fingerprint density at radius 2 is 1.68 bits per heavy atom. The molecule has 8 nitrogen and oxygen atoms in total. The van der Waals surface area contributed by atoms with Crippen molar-refractivity contribution in [3.05, 3.63) is 47.8 Å². The zero-order valence-electron chi connectivity index (χ0n) is 25.4. The smallest absolute Gasteiger partial charge is 0.420 e. The highest BCUT2D eigenvalue weighted by atomic mass is 32.2. The molecule has 1 amide bonds. The topological polar surface area (TPSA) is 82.2 Å². The van der Waals surface area contributed by atoms with Crippen LogP contribution in [0.5, 0.6) is 5.75 Å². The molecule has 2 aromatic carbocycles. The minimum Gasteiger partial charge on any atom is -0.492 e. The first-order valence-electron chi connectivity index (χ1n) is 13.8. The lowest BCUT2D eigenvalue weighted by atomic mass is 9.93. The van der Waals surface area contributed by atoms with E-state index in [0.717, 1.165) is 22.5 Å². The van der Waals surface area contributed by atoms with Crippen LogP contribution in [0.4, 0.5) is 37.7 Å². The molecule has 44 heavy (non-hydrogen) atoms. The van der Waals surface area contributed by atoms with E-state index < -0.39 is 74.5 Å². The maximum atomic E-state index is 14.4. The van der Waals surface area contributed by atoms with Crippen molar-refractivity contribution < 1.29 is 44.3 Å². The van der Waals surface area contributed by atoms with E-state index in [4.69, 9.17) is 4.74 Å². The predicted octanol–water partition coefficient (Wildman–Crippen LogP) is 5.50. The number of likely N-dealkylation sites (N-methyl/N-ethyl adjacent to an activating group) is 2. The maximum absolute atomic E-state index is 14.4. The third-order valence-corrected chi connectivity index (χ3v) is 9.26. The molecule has 1 aliphatic heterocycles. The summed E-state index contributed by atoms with van der Waals surface area (Å²) in [6.45, 7) is 3.65. The summed E-state index contributed by atoms with van der Waals surface area (Å²) in [7, 11) is 0.229. The lowest BCUT2D eigenvalue weighted by Crippen LogP contribution is -2.43. The fraction of sp³-hybridized carbons (Fsp3) is 0.552. The lowest BCUT2D eigenvalue weighted by Gasteiger charge is -2.30. The van der Waals surface area contributed by atoms with Crippen molar-refractivity contribution in [2.24, 2.45) is 5.41 Å². The van der Waals surface area contributed by atoms with E-state index in [9.17, 15) is 39.6 Å². The van der Waals surface area contributed by atoms with Crippen molar-refractivity contribution in [3.8, 4) is 5.75 Å². The van der Waals surface area contributed by atoms with Gasteiger partial charge < -0.3 is 19.9 Å². The molecule has 0 aromatic heterocycles. The Bertz CT molecular complexity index is 1430. The van der Waals surface area contributed by atoms with Crippen LogP contribution in [0.2, 0.25) is 0 Å². The predicted molar refractivity (Wildman–Crippen MR) is 154 cm³/mol. The Labute approximate surface area is 254 Å². The van der Waals surface area contributed by atoms with Crippen LogP contribution < -0.4 is 15.0 Å². The monoisotopic (exact) mass is 652 g/mol. The van der Waals surface area contributed by atoms with Crippen LogP contribution in [0, 0.1) is 11.2 Å². The number of anilines is 2. The number of sulfonamides is 1. The molecule has 15 heteroatoms. The summed E-state index contributed by atoms with van der Waals surface area (Å²) in [5.41, 5.74) is -2.82. The zero-order valence-corrected chi connectivity index (χ0v) is 26.3. The average Bonchev–Trinajstić information content (AvgIpc) is 2.98. The number of hydrogen-bond acceptors (Lipinski definition) is 6. The van der Waals surface area contributed by atoms with Gasteiger partial charge in [0.2, 0.25) is 21.9 Å². The Morgan fingerprint density at radius 1 is 1.07 bits per heavy atom. The SMILES string of the molecule is CN(C)CCNC(=O)C(C)(C)COc1cc2c(cc1C(F)(F)F)N(c1ccc(F)cc1)C[C@@H](CCC(C)(F)F)N(C)S2(=O)=O. The van der Waals surface area contributed by atoms with Gasteiger partial charge in [0.1, 0.15) is 23.1 Å². The molecule has 3 rings (SSSR count). The number of nitrogens with zero attached hydrogens (tertiary/aromatic N) is 3. The lowest BCUT2D eigenvalue weighted by molar-refractivity contribution is -0.139. The summed E-state index contributed by atoms with van der Waals surface area (Å²) in [5.74, 6) is -5.06. The number of hydrogen-bond donors (Lipinski definition) is 1. The maximum Gasteiger partial charge on any atom is 0.420 e. The molecule has 1 atom stereocenters. The van der Waals surface area contributed by atoms with Crippen LogP contribution >= 0.6 is 0 Å². The minimum absolute atomic E-state index is 0.156. The zero-order chi connectivity index (χ0) is 33.3. The normalized spacial score (nSPS) is 17.8. The molecule has 0 saturated heterocycles. The van der Waals surface area contributed by atoms with E-state index in [1.807, 2.05) is 4.90 Å². The molecule has 0 unspecified atom stereocenters. The second-order valence-electron chi connectivity index (χ2n) is 11.9. The molecular weight excluding hydrogens is 614 g/mol. The van der Waals surface area contributed by atoms with Gasteiger partial charge in [-0.05, 0) is 71.6 Å². The van der Waals surface area contributed by atoms with Crippen LogP contribution in [0.15, 0.2) is 41.3 Å². The van der Waals surface area contributed by atoms with Crippen molar-refractivity contribution >= 4 is 27.3 Å². The largest absolute Gasteiger partial charge is 0.492 e. The number of benzene rings is 2. The molecule has 0 fully saturated rings. The molecule has 0 aliphatic carbocycles. The second-order valence-corrected chi connectivity index (χ2v) is 13.9. The summed E-state index contributed by atoms with van der Waals surface area (Å²) in [6.07, 6.45) is -6.00. The van der Waals surface area contributed by atoms with Crippen molar-refractivity contribution in [2.75, 3.05) is 52.3 Å². The Kier molecular flexibility index (Phi) is 10.6. The number of nitrogens with one attached hydrogen (secondary N) is 1. The van der Waals surface area contributed by atoms with Gasteiger partial charge in [-0.1, -0.05) is 0 Å². The van der Waals surface area contributed by atoms with Crippen molar-refractivity contribution in [1.82, 2.24) is 14.5 Å². The van der Waals surface area contributed by atoms with Gasteiger partial charge in [0, 0.05) is 50.9 Å². The van der Waals surface area contributed by atoms with E-state index >= 15 is 0 Å². The van der Waals surface area contributed by atoms with E-state index in [-0.39, 0.29) is 30.9 Å². The molecule has 0 bridgehead atoms. The van der Waals surface area contributed by atoms with Crippen LogP contribution in [-0.2, 0) is 21.0 Å². The summed E-state index contributed by atoms with van der Waals surface area (Å²) in [6, 6.07) is 4.93. The first-order chi connectivity index (χ1) is 20.1. The van der Waals surface area contributed by atoms with Gasteiger partial charge >= 0.3 is 6.18 Å². The molecule has 0 saturated carbocycles. The second kappa shape index (κ2) is 13.1. The fourth-order valence-corrected chi connectivity index (χ4v) is 6.16. The van der Waals surface area contributed by atoms with Crippen molar-refractivity contribution in [1.29, 1.82) is 0 Å². The van der Waals surface area contributed by atoms with Crippen molar-refractivity contribution in [3.63, 3.8) is 0 Å². The van der Waals surface area contributed by atoms with Gasteiger partial charge in [-0.2, -0.15) is 17.5 Å². The summed E-state index contributed by atoms with van der Waals surface area (Å²) in [5, 5.41) is 2.70. The average molecular weight is 653 g/mol. The van der Waals surface area contributed by atoms with E-state index in [1.165, 1.54) is 37.9 Å². The number of amides is 1. The third-order valence-electron chi connectivity index (χ3n) is 7.32. The number of ether oxygens (including phenoxy) is 1. The van der Waals surface area contributed by atoms with Gasteiger partial charge in [0.25, 0.3) is 0 Å². The molecule has 1 heterocycles. The highest BCUT2D eigenvalue weighted by Crippen LogP contribution is 2.46. The third kappa shape index (κ3) is 8.57. The van der Waals surface area contributed by atoms with Gasteiger partial charge in [-0.25, -0.2) is 21.6 Å². The molecule has 0 spiro atoms. The van der Waals surface area contributed by atoms with Gasteiger partial charge in [0.15, 0.2) is 0 Å². The molecule has 1 aliphatic rings. The first-order valence-corrected chi connectivity index (χ1v) is 15.3. The standard InChI is InChI=1S/C29H38F6N4O4S/c1-27(2,26(40)36-13-14-37(4)5)18-43-24-16-25-23(15-22(24)29(33,34)35)39(20-9-7-19(30)8-10-20)17-21(11-12-28(3,31)32)38(6)44(25,41)42/h7-10,15-16,21H,11-14,17-18H2,1-6H3,(H,36,40)/t21-/m1/s1. The quantitative estimate of drug-likeness (QED) is 0.323. The fourth-order valence-electron chi connectivity index (χ4n) is 4.60. The first kappa shape index (κ1) is 35.4. The summed E-state index contributed by atoms with van der Waals surface area (Å²) in [4.78, 5) is 15.3. The highest BCUT2D eigenvalue weighted by Gasteiger charge is 2.43. The molecule has 2 aromatic rings. The number of halogens is 6. The minimum atomic E-state index is -5.01. The summed E-state index contributed by atoms with van der Waals surface area (Å²) >= 11 is 0. The Balaban J connectivity index is 2.13.